The van der Waals surface area contributed by atoms with Crippen molar-refractivity contribution < 1.29 is 4.42 Å². The minimum atomic E-state index is -0.0490. The van der Waals surface area contributed by atoms with Crippen LogP contribution in [-0.4, -0.2) is 0 Å². The van der Waals surface area contributed by atoms with Crippen molar-refractivity contribution in [2.75, 3.05) is 0 Å². The maximum absolute atomic E-state index is 5.68. The van der Waals surface area contributed by atoms with Crippen LogP contribution in [0.1, 0.15) is 17.4 Å². The lowest BCUT2D eigenvalue weighted by atomic mass is 9.98. The highest BCUT2D eigenvalue weighted by Gasteiger charge is 2.15. The van der Waals surface area contributed by atoms with Crippen molar-refractivity contribution in [2.24, 2.45) is 5.84 Å². The Morgan fingerprint density at radius 1 is 1.05 bits per heavy atom. The van der Waals surface area contributed by atoms with Crippen LogP contribution in [0, 0.1) is 0 Å². The first-order valence-electron chi connectivity index (χ1n) is 6.46. The summed E-state index contributed by atoms with van der Waals surface area (Å²) in [5.74, 6) is 6.51. The minimum Gasteiger partial charge on any atom is -0.453 e. The van der Waals surface area contributed by atoms with Crippen LogP contribution >= 0.6 is 15.9 Å². The Morgan fingerprint density at radius 3 is 2.60 bits per heavy atom. The van der Waals surface area contributed by atoms with Crippen LogP contribution in [0.2, 0.25) is 0 Å². The largest absolute Gasteiger partial charge is 0.453 e. The first kappa shape index (κ1) is 13.4. The van der Waals surface area contributed by atoms with E-state index in [1.54, 1.807) is 0 Å². The molecule has 0 saturated carbocycles. The molecule has 2 aromatic carbocycles. The van der Waals surface area contributed by atoms with Crippen molar-refractivity contribution in [3.05, 3.63) is 70.6 Å². The van der Waals surface area contributed by atoms with E-state index in [-0.39, 0.29) is 6.04 Å². The molecule has 3 aromatic rings. The molecule has 4 heteroatoms. The Bertz CT molecular complexity index is 718. The van der Waals surface area contributed by atoms with Gasteiger partial charge < -0.3 is 4.42 Å². The number of fused-ring (bicyclic) bond motifs is 1. The van der Waals surface area contributed by atoms with E-state index in [1.165, 1.54) is 16.3 Å². The van der Waals surface area contributed by atoms with Crippen molar-refractivity contribution in [1.82, 2.24) is 5.43 Å². The summed E-state index contributed by atoms with van der Waals surface area (Å²) in [6, 6.07) is 18.4. The number of hydrogen-bond acceptors (Lipinski definition) is 3. The van der Waals surface area contributed by atoms with Gasteiger partial charge in [0.15, 0.2) is 4.67 Å². The van der Waals surface area contributed by atoms with Gasteiger partial charge in [0.25, 0.3) is 0 Å². The predicted octanol–water partition coefficient (Wildman–Crippen LogP) is 3.94. The Labute approximate surface area is 125 Å². The molecule has 102 valence electrons. The summed E-state index contributed by atoms with van der Waals surface area (Å²) >= 11 is 3.32. The van der Waals surface area contributed by atoms with E-state index in [0.29, 0.717) is 4.67 Å². The molecule has 0 fully saturated rings. The topological polar surface area (TPSA) is 51.2 Å². The summed E-state index contributed by atoms with van der Waals surface area (Å²) in [6.07, 6.45) is 0.776. The highest BCUT2D eigenvalue weighted by atomic mass is 79.9. The Balaban J connectivity index is 1.95. The SMILES string of the molecule is NNC(Cc1cccc2ccccc12)c1ccc(Br)o1. The van der Waals surface area contributed by atoms with Crippen LogP contribution < -0.4 is 11.3 Å². The lowest BCUT2D eigenvalue weighted by Crippen LogP contribution is -2.29. The van der Waals surface area contributed by atoms with Gasteiger partial charge in [0.2, 0.25) is 0 Å². The van der Waals surface area contributed by atoms with E-state index in [4.69, 9.17) is 10.3 Å². The smallest absolute Gasteiger partial charge is 0.169 e. The quantitative estimate of drug-likeness (QED) is 0.562. The van der Waals surface area contributed by atoms with Crippen molar-refractivity contribution in [3.63, 3.8) is 0 Å². The van der Waals surface area contributed by atoms with Crippen molar-refractivity contribution in [3.8, 4) is 0 Å². The number of hydrogen-bond donors (Lipinski definition) is 2. The molecule has 3 rings (SSSR count). The molecule has 1 atom stereocenters. The first-order valence-corrected chi connectivity index (χ1v) is 7.25. The number of nitrogens with one attached hydrogen (secondary N) is 1. The van der Waals surface area contributed by atoms with Crippen molar-refractivity contribution in [2.45, 2.75) is 12.5 Å². The highest BCUT2D eigenvalue weighted by molar-refractivity contribution is 9.10. The standard InChI is InChI=1S/C16H15BrN2O/c17-16-9-8-15(20-16)14(19-18)10-12-6-3-5-11-4-1-2-7-13(11)12/h1-9,14,19H,10,18H2. The molecule has 0 amide bonds. The molecule has 3 nitrogen and oxygen atoms in total. The van der Waals surface area contributed by atoms with Gasteiger partial charge in [0.1, 0.15) is 5.76 Å². The van der Waals surface area contributed by atoms with Gasteiger partial charge in [-0.15, -0.1) is 0 Å². The van der Waals surface area contributed by atoms with E-state index in [2.05, 4.69) is 63.8 Å². The zero-order valence-corrected chi connectivity index (χ0v) is 12.4. The number of hydrazine groups is 1. The van der Waals surface area contributed by atoms with Gasteiger partial charge in [-0.3, -0.25) is 5.84 Å². The first-order chi connectivity index (χ1) is 9.78. The molecule has 0 aliphatic heterocycles. The van der Waals surface area contributed by atoms with Gasteiger partial charge in [0.05, 0.1) is 6.04 Å². The minimum absolute atomic E-state index is 0.0490. The fourth-order valence-corrected chi connectivity index (χ4v) is 2.77. The molecule has 0 spiro atoms. The van der Waals surface area contributed by atoms with Crippen molar-refractivity contribution in [1.29, 1.82) is 0 Å². The van der Waals surface area contributed by atoms with E-state index in [1.807, 2.05) is 12.1 Å². The number of halogens is 1. The Kier molecular flexibility index (Phi) is 3.87. The van der Waals surface area contributed by atoms with Crippen molar-refractivity contribution >= 4 is 26.7 Å². The molecular formula is C16H15BrN2O. The van der Waals surface area contributed by atoms with E-state index >= 15 is 0 Å². The molecule has 20 heavy (non-hydrogen) atoms. The monoisotopic (exact) mass is 330 g/mol. The third-order valence-corrected chi connectivity index (χ3v) is 3.87. The van der Waals surface area contributed by atoms with Crippen LogP contribution in [0.15, 0.2) is 63.7 Å². The average Bonchev–Trinajstić information content (AvgIpc) is 2.91. The van der Waals surface area contributed by atoms with Gasteiger partial charge in [-0.05, 0) is 50.8 Å². The maximum Gasteiger partial charge on any atom is 0.169 e. The second-order valence-corrected chi connectivity index (χ2v) is 5.49. The molecule has 0 radical (unpaired) electrons. The van der Waals surface area contributed by atoms with Crippen LogP contribution in [0.5, 0.6) is 0 Å². The number of nitrogens with two attached hydrogens (primary N) is 1. The van der Waals surface area contributed by atoms with Crippen LogP contribution in [0.25, 0.3) is 10.8 Å². The number of rotatable bonds is 4. The molecule has 1 unspecified atom stereocenters. The zero-order valence-electron chi connectivity index (χ0n) is 10.8. The van der Waals surface area contributed by atoms with Gasteiger partial charge in [-0.1, -0.05) is 42.5 Å². The second kappa shape index (κ2) is 5.79. The summed E-state index contributed by atoms with van der Waals surface area (Å²) in [4.78, 5) is 0. The molecule has 0 aliphatic rings. The summed E-state index contributed by atoms with van der Waals surface area (Å²) in [5, 5.41) is 2.49. The molecule has 1 heterocycles. The molecule has 0 aliphatic carbocycles. The Morgan fingerprint density at radius 2 is 1.85 bits per heavy atom. The van der Waals surface area contributed by atoms with Gasteiger partial charge in [-0.2, -0.15) is 0 Å². The fraction of sp³-hybridized carbons (Fsp3) is 0.125. The summed E-state index contributed by atoms with van der Waals surface area (Å²) in [5.41, 5.74) is 4.08. The normalized spacial score (nSPS) is 12.7. The Hall–Kier alpha value is -1.62. The fourth-order valence-electron chi connectivity index (χ4n) is 2.45. The maximum atomic E-state index is 5.68. The lowest BCUT2D eigenvalue weighted by molar-refractivity contribution is 0.405. The molecule has 1 aromatic heterocycles. The lowest BCUT2D eigenvalue weighted by Gasteiger charge is -2.15. The molecular weight excluding hydrogens is 316 g/mol. The summed E-state index contributed by atoms with van der Waals surface area (Å²) in [6.45, 7) is 0. The third-order valence-electron chi connectivity index (χ3n) is 3.44. The molecule has 0 saturated heterocycles. The molecule has 3 N–H and O–H groups in total. The summed E-state index contributed by atoms with van der Waals surface area (Å²) in [7, 11) is 0. The zero-order chi connectivity index (χ0) is 13.9. The number of furan rings is 1. The van der Waals surface area contributed by atoms with Crippen LogP contribution in [0.4, 0.5) is 0 Å². The number of benzene rings is 2. The van der Waals surface area contributed by atoms with E-state index in [9.17, 15) is 0 Å². The molecule has 0 bridgehead atoms. The van der Waals surface area contributed by atoms with Crippen LogP contribution in [-0.2, 0) is 6.42 Å². The van der Waals surface area contributed by atoms with E-state index in [0.717, 1.165) is 12.2 Å². The van der Waals surface area contributed by atoms with Gasteiger partial charge in [-0.25, -0.2) is 5.43 Å². The van der Waals surface area contributed by atoms with E-state index < -0.39 is 0 Å². The van der Waals surface area contributed by atoms with Gasteiger partial charge in [0, 0.05) is 0 Å². The third kappa shape index (κ3) is 2.63. The van der Waals surface area contributed by atoms with Crippen LogP contribution in [0.3, 0.4) is 0 Å². The second-order valence-electron chi connectivity index (χ2n) is 4.70. The highest BCUT2D eigenvalue weighted by Crippen LogP contribution is 2.26. The average molecular weight is 331 g/mol. The van der Waals surface area contributed by atoms with Gasteiger partial charge >= 0.3 is 0 Å². The predicted molar refractivity (Wildman–Crippen MR) is 84.1 cm³/mol. The summed E-state index contributed by atoms with van der Waals surface area (Å²) < 4.78 is 6.31.